The molecule has 0 atom stereocenters. The number of amides is 2. The van der Waals surface area contributed by atoms with Crippen molar-refractivity contribution in [3.63, 3.8) is 0 Å². The fourth-order valence-corrected chi connectivity index (χ4v) is 2.95. The lowest BCUT2D eigenvalue weighted by Gasteiger charge is -2.13. The Balaban J connectivity index is 1.57. The molecule has 1 aliphatic carbocycles. The zero-order chi connectivity index (χ0) is 17.6. The minimum Gasteiger partial charge on any atom is -0.381 e. The Kier molecular flexibility index (Phi) is 5.28. The third-order valence-corrected chi connectivity index (χ3v) is 4.19. The van der Waals surface area contributed by atoms with Gasteiger partial charge in [0.1, 0.15) is 5.69 Å². The van der Waals surface area contributed by atoms with Gasteiger partial charge in [0.05, 0.1) is 11.9 Å². The number of benzene rings is 1. The molecule has 2 amide bonds. The van der Waals surface area contributed by atoms with Crippen molar-refractivity contribution in [3.8, 4) is 0 Å². The second kappa shape index (κ2) is 7.79. The van der Waals surface area contributed by atoms with E-state index in [-0.39, 0.29) is 11.8 Å². The van der Waals surface area contributed by atoms with Gasteiger partial charge in [-0.1, -0.05) is 12.8 Å². The number of nitrogens with zero attached hydrogens (tertiary/aromatic N) is 1. The van der Waals surface area contributed by atoms with E-state index in [4.69, 9.17) is 0 Å². The van der Waals surface area contributed by atoms with Crippen LogP contribution in [-0.2, 0) is 4.79 Å². The maximum atomic E-state index is 12.3. The highest BCUT2D eigenvalue weighted by Crippen LogP contribution is 2.22. The Morgan fingerprint density at radius 3 is 2.08 bits per heavy atom. The summed E-state index contributed by atoms with van der Waals surface area (Å²) in [7, 11) is 0. The van der Waals surface area contributed by atoms with E-state index in [0.29, 0.717) is 23.1 Å². The standard InChI is InChI=1S/C19H22N4O2/c1-13(24)21-15-6-8-16(9-7-15)23-19(25)18-11-10-17(12-20-18)22-14-4-2-3-5-14/h6-12,14,22H,2-5H2,1H3,(H,21,24)(H,23,25). The number of pyridine rings is 1. The minimum atomic E-state index is -0.264. The molecular formula is C19H22N4O2. The third-order valence-electron chi connectivity index (χ3n) is 4.19. The van der Waals surface area contributed by atoms with Gasteiger partial charge in [-0.15, -0.1) is 0 Å². The highest BCUT2D eigenvalue weighted by Gasteiger charge is 2.15. The fourth-order valence-electron chi connectivity index (χ4n) is 2.95. The Labute approximate surface area is 147 Å². The fraction of sp³-hybridized carbons (Fsp3) is 0.316. The Morgan fingerprint density at radius 2 is 1.52 bits per heavy atom. The van der Waals surface area contributed by atoms with Crippen LogP contribution in [0, 0.1) is 0 Å². The molecule has 0 spiro atoms. The van der Waals surface area contributed by atoms with Gasteiger partial charge in [0, 0.05) is 24.3 Å². The molecule has 1 aromatic heterocycles. The van der Waals surface area contributed by atoms with Gasteiger partial charge in [-0.25, -0.2) is 4.98 Å². The molecule has 1 saturated carbocycles. The van der Waals surface area contributed by atoms with E-state index >= 15 is 0 Å². The highest BCUT2D eigenvalue weighted by molar-refractivity contribution is 6.03. The monoisotopic (exact) mass is 338 g/mol. The van der Waals surface area contributed by atoms with Crippen LogP contribution in [0.4, 0.5) is 17.1 Å². The summed E-state index contributed by atoms with van der Waals surface area (Å²) < 4.78 is 0. The van der Waals surface area contributed by atoms with E-state index in [2.05, 4.69) is 20.9 Å². The minimum absolute atomic E-state index is 0.132. The lowest BCUT2D eigenvalue weighted by Crippen LogP contribution is -2.16. The van der Waals surface area contributed by atoms with Gasteiger partial charge >= 0.3 is 0 Å². The van der Waals surface area contributed by atoms with Gasteiger partial charge in [0.15, 0.2) is 0 Å². The molecule has 1 aromatic carbocycles. The maximum absolute atomic E-state index is 12.3. The number of carbonyl (C=O) groups excluding carboxylic acids is 2. The molecule has 25 heavy (non-hydrogen) atoms. The van der Waals surface area contributed by atoms with E-state index in [1.807, 2.05) is 6.07 Å². The van der Waals surface area contributed by atoms with Crippen molar-refractivity contribution in [1.29, 1.82) is 0 Å². The highest BCUT2D eigenvalue weighted by atomic mass is 16.2. The zero-order valence-corrected chi connectivity index (χ0v) is 14.2. The Bertz CT molecular complexity index is 735. The summed E-state index contributed by atoms with van der Waals surface area (Å²) in [6.45, 7) is 1.45. The average molecular weight is 338 g/mol. The van der Waals surface area contributed by atoms with Gasteiger partial charge in [-0.3, -0.25) is 9.59 Å². The lowest BCUT2D eigenvalue weighted by molar-refractivity contribution is -0.114. The molecule has 0 saturated heterocycles. The van der Waals surface area contributed by atoms with Crippen molar-refractivity contribution in [2.45, 2.75) is 38.6 Å². The number of carbonyl (C=O) groups is 2. The van der Waals surface area contributed by atoms with Gasteiger partial charge < -0.3 is 16.0 Å². The molecule has 3 rings (SSSR count). The summed E-state index contributed by atoms with van der Waals surface area (Å²) in [5.41, 5.74) is 2.64. The van der Waals surface area contributed by atoms with Crippen LogP contribution in [0.2, 0.25) is 0 Å². The van der Waals surface area contributed by atoms with Crippen molar-refractivity contribution in [2.75, 3.05) is 16.0 Å². The third kappa shape index (κ3) is 4.79. The summed E-state index contributed by atoms with van der Waals surface area (Å²) in [6, 6.07) is 11.1. The zero-order valence-electron chi connectivity index (χ0n) is 14.2. The number of nitrogens with one attached hydrogen (secondary N) is 3. The van der Waals surface area contributed by atoms with E-state index in [9.17, 15) is 9.59 Å². The summed E-state index contributed by atoms with van der Waals surface area (Å²) in [5, 5.41) is 8.93. The van der Waals surface area contributed by atoms with Crippen LogP contribution in [-0.4, -0.2) is 22.8 Å². The topological polar surface area (TPSA) is 83.1 Å². The van der Waals surface area contributed by atoms with Crippen LogP contribution in [0.15, 0.2) is 42.6 Å². The molecule has 1 aliphatic rings. The number of aromatic nitrogens is 1. The normalized spacial score (nSPS) is 14.1. The molecule has 0 bridgehead atoms. The molecule has 130 valence electrons. The molecule has 6 heteroatoms. The Hall–Kier alpha value is -2.89. The van der Waals surface area contributed by atoms with Crippen LogP contribution in [0.1, 0.15) is 43.1 Å². The molecule has 3 N–H and O–H groups in total. The molecule has 1 heterocycles. The molecule has 6 nitrogen and oxygen atoms in total. The molecule has 2 aromatic rings. The smallest absolute Gasteiger partial charge is 0.274 e. The van der Waals surface area contributed by atoms with E-state index in [1.54, 1.807) is 36.5 Å². The predicted octanol–water partition coefficient (Wildman–Crippen LogP) is 3.65. The first-order chi connectivity index (χ1) is 12.1. The summed E-state index contributed by atoms with van der Waals surface area (Å²) in [4.78, 5) is 27.5. The van der Waals surface area contributed by atoms with Crippen LogP contribution in [0.25, 0.3) is 0 Å². The van der Waals surface area contributed by atoms with Crippen molar-refractivity contribution >= 4 is 28.9 Å². The molecular weight excluding hydrogens is 316 g/mol. The first-order valence-electron chi connectivity index (χ1n) is 8.52. The number of anilines is 3. The average Bonchev–Trinajstić information content (AvgIpc) is 3.10. The number of hydrogen-bond acceptors (Lipinski definition) is 4. The van der Waals surface area contributed by atoms with Gasteiger partial charge in [-0.2, -0.15) is 0 Å². The second-order valence-electron chi connectivity index (χ2n) is 6.27. The van der Waals surface area contributed by atoms with Crippen molar-refractivity contribution in [1.82, 2.24) is 4.98 Å². The van der Waals surface area contributed by atoms with E-state index in [0.717, 1.165) is 5.69 Å². The Morgan fingerprint density at radius 1 is 0.920 bits per heavy atom. The van der Waals surface area contributed by atoms with Gasteiger partial charge in [0.2, 0.25) is 5.91 Å². The molecule has 0 aliphatic heterocycles. The van der Waals surface area contributed by atoms with Crippen LogP contribution in [0.5, 0.6) is 0 Å². The van der Waals surface area contributed by atoms with Crippen molar-refractivity contribution < 1.29 is 9.59 Å². The molecule has 0 unspecified atom stereocenters. The maximum Gasteiger partial charge on any atom is 0.274 e. The van der Waals surface area contributed by atoms with Gasteiger partial charge in [-0.05, 0) is 49.2 Å². The predicted molar refractivity (Wildman–Crippen MR) is 98.8 cm³/mol. The summed E-state index contributed by atoms with van der Waals surface area (Å²) in [5.74, 6) is -0.396. The lowest BCUT2D eigenvalue weighted by atomic mass is 10.2. The molecule has 1 fully saturated rings. The van der Waals surface area contributed by atoms with Crippen LogP contribution in [0.3, 0.4) is 0 Å². The SMILES string of the molecule is CC(=O)Nc1ccc(NC(=O)c2ccc(NC3CCCC3)cn2)cc1. The van der Waals surface area contributed by atoms with E-state index < -0.39 is 0 Å². The second-order valence-corrected chi connectivity index (χ2v) is 6.27. The summed E-state index contributed by atoms with van der Waals surface area (Å²) >= 11 is 0. The largest absolute Gasteiger partial charge is 0.381 e. The first kappa shape index (κ1) is 17.0. The van der Waals surface area contributed by atoms with Crippen LogP contribution >= 0.6 is 0 Å². The molecule has 0 radical (unpaired) electrons. The summed E-state index contributed by atoms with van der Waals surface area (Å²) in [6.07, 6.45) is 6.62. The first-order valence-corrected chi connectivity index (χ1v) is 8.52. The van der Waals surface area contributed by atoms with Crippen molar-refractivity contribution in [2.24, 2.45) is 0 Å². The van der Waals surface area contributed by atoms with Gasteiger partial charge in [0.25, 0.3) is 5.91 Å². The van der Waals surface area contributed by atoms with Crippen LogP contribution < -0.4 is 16.0 Å². The number of rotatable bonds is 5. The number of hydrogen-bond donors (Lipinski definition) is 3. The van der Waals surface area contributed by atoms with Crippen molar-refractivity contribution in [3.05, 3.63) is 48.3 Å². The van der Waals surface area contributed by atoms with E-state index in [1.165, 1.54) is 32.6 Å². The quantitative estimate of drug-likeness (QED) is 0.777.